The molecule has 0 amide bonds. The molecule has 0 aliphatic heterocycles. The van der Waals surface area contributed by atoms with Crippen LogP contribution in [0.15, 0.2) is 22.7 Å². The van der Waals surface area contributed by atoms with E-state index in [4.69, 9.17) is 15.2 Å². The first-order valence-electron chi connectivity index (χ1n) is 7.30. The van der Waals surface area contributed by atoms with Crippen LogP contribution in [0.3, 0.4) is 0 Å². The molecule has 1 unspecified atom stereocenters. The molecule has 1 atom stereocenters. The molecule has 1 aromatic rings. The van der Waals surface area contributed by atoms with Gasteiger partial charge in [0.15, 0.2) is 0 Å². The van der Waals surface area contributed by atoms with E-state index in [0.29, 0.717) is 19.1 Å². The highest BCUT2D eigenvalue weighted by atomic mass is 79.9. The van der Waals surface area contributed by atoms with Crippen LogP contribution in [-0.4, -0.2) is 45.4 Å². The van der Waals surface area contributed by atoms with Crippen LogP contribution < -0.4 is 10.5 Å². The van der Waals surface area contributed by atoms with E-state index >= 15 is 0 Å². The van der Waals surface area contributed by atoms with Gasteiger partial charge in [0, 0.05) is 32.8 Å². The maximum absolute atomic E-state index is 6.04. The van der Waals surface area contributed by atoms with Gasteiger partial charge >= 0.3 is 0 Å². The van der Waals surface area contributed by atoms with Crippen LogP contribution in [0.4, 0.5) is 0 Å². The first kappa shape index (κ1) is 18.4. The molecule has 0 heterocycles. The monoisotopic (exact) mass is 358 g/mol. The van der Waals surface area contributed by atoms with Gasteiger partial charge in [0.1, 0.15) is 5.75 Å². The summed E-state index contributed by atoms with van der Waals surface area (Å²) < 4.78 is 11.5. The molecule has 0 aromatic heterocycles. The number of nitrogens with two attached hydrogens (primary N) is 1. The molecule has 2 N–H and O–H groups in total. The van der Waals surface area contributed by atoms with E-state index in [9.17, 15) is 0 Å². The summed E-state index contributed by atoms with van der Waals surface area (Å²) in [4.78, 5) is 2.39. The SMILES string of the molecule is COCCN(CC(C)C)C(CN)c1ccc(OC)c(Br)c1. The van der Waals surface area contributed by atoms with Crippen molar-refractivity contribution in [3.63, 3.8) is 0 Å². The van der Waals surface area contributed by atoms with Crippen molar-refractivity contribution in [1.29, 1.82) is 0 Å². The molecule has 0 aliphatic carbocycles. The number of ether oxygens (including phenoxy) is 2. The maximum Gasteiger partial charge on any atom is 0.133 e. The summed E-state index contributed by atoms with van der Waals surface area (Å²) >= 11 is 3.55. The van der Waals surface area contributed by atoms with Crippen LogP contribution >= 0.6 is 15.9 Å². The van der Waals surface area contributed by atoms with Gasteiger partial charge in [-0.1, -0.05) is 19.9 Å². The van der Waals surface area contributed by atoms with Crippen LogP contribution in [0.25, 0.3) is 0 Å². The molecule has 0 aliphatic rings. The van der Waals surface area contributed by atoms with E-state index in [0.717, 1.165) is 23.3 Å². The zero-order valence-corrected chi connectivity index (χ0v) is 15.0. The fraction of sp³-hybridized carbons (Fsp3) is 0.625. The van der Waals surface area contributed by atoms with Crippen molar-refractivity contribution in [2.24, 2.45) is 11.7 Å². The predicted octanol–water partition coefficient (Wildman–Crippen LogP) is 3.06. The normalized spacial score (nSPS) is 13.0. The number of methoxy groups -OCH3 is 2. The van der Waals surface area contributed by atoms with E-state index in [1.807, 2.05) is 6.07 Å². The molecule has 4 nitrogen and oxygen atoms in total. The summed E-state index contributed by atoms with van der Waals surface area (Å²) in [7, 11) is 3.40. The summed E-state index contributed by atoms with van der Waals surface area (Å²) in [5.74, 6) is 1.42. The Kier molecular flexibility index (Phi) is 8.26. The van der Waals surface area contributed by atoms with Gasteiger partial charge in [0.2, 0.25) is 0 Å². The molecule has 0 fully saturated rings. The van der Waals surface area contributed by atoms with Crippen molar-refractivity contribution < 1.29 is 9.47 Å². The maximum atomic E-state index is 6.04. The summed E-state index contributed by atoms with van der Waals surface area (Å²) in [5, 5.41) is 0. The zero-order chi connectivity index (χ0) is 15.8. The number of hydrogen-bond donors (Lipinski definition) is 1. The van der Waals surface area contributed by atoms with Gasteiger partial charge in [-0.15, -0.1) is 0 Å². The predicted molar refractivity (Wildman–Crippen MR) is 90.8 cm³/mol. The van der Waals surface area contributed by atoms with Crippen molar-refractivity contribution in [1.82, 2.24) is 4.90 Å². The topological polar surface area (TPSA) is 47.7 Å². The van der Waals surface area contributed by atoms with Gasteiger partial charge in [0.05, 0.1) is 18.2 Å². The minimum absolute atomic E-state index is 0.185. The molecule has 5 heteroatoms. The second-order valence-corrected chi connectivity index (χ2v) is 6.38. The third kappa shape index (κ3) is 5.58. The summed E-state index contributed by atoms with van der Waals surface area (Å²) in [6.07, 6.45) is 0. The first-order valence-corrected chi connectivity index (χ1v) is 8.09. The second kappa shape index (κ2) is 9.41. The Morgan fingerprint density at radius 1 is 1.29 bits per heavy atom. The average molecular weight is 359 g/mol. The Bertz CT molecular complexity index is 427. The zero-order valence-electron chi connectivity index (χ0n) is 13.4. The minimum atomic E-state index is 0.185. The number of nitrogens with zero attached hydrogens (tertiary/aromatic N) is 1. The van der Waals surface area contributed by atoms with Crippen molar-refractivity contribution in [2.75, 3.05) is 40.5 Å². The summed E-state index contributed by atoms with van der Waals surface area (Å²) in [6, 6.07) is 6.34. The van der Waals surface area contributed by atoms with Gasteiger partial charge in [-0.2, -0.15) is 0 Å². The van der Waals surface area contributed by atoms with Crippen LogP contribution in [0.5, 0.6) is 5.75 Å². The van der Waals surface area contributed by atoms with Gasteiger partial charge in [-0.3, -0.25) is 4.90 Å². The largest absolute Gasteiger partial charge is 0.496 e. The molecule has 0 spiro atoms. The molecule has 21 heavy (non-hydrogen) atoms. The van der Waals surface area contributed by atoms with Gasteiger partial charge in [-0.25, -0.2) is 0 Å². The lowest BCUT2D eigenvalue weighted by atomic mass is 10.0. The van der Waals surface area contributed by atoms with Crippen LogP contribution in [0.1, 0.15) is 25.5 Å². The quantitative estimate of drug-likeness (QED) is 0.736. The van der Waals surface area contributed by atoms with E-state index < -0.39 is 0 Å². The Morgan fingerprint density at radius 3 is 2.48 bits per heavy atom. The smallest absolute Gasteiger partial charge is 0.133 e. The lowest BCUT2D eigenvalue weighted by Gasteiger charge is -2.32. The van der Waals surface area contributed by atoms with Crippen molar-refractivity contribution in [3.8, 4) is 5.75 Å². The molecule has 0 saturated heterocycles. The van der Waals surface area contributed by atoms with Crippen molar-refractivity contribution in [3.05, 3.63) is 28.2 Å². The molecule has 1 rings (SSSR count). The molecule has 0 radical (unpaired) electrons. The first-order chi connectivity index (χ1) is 10.0. The lowest BCUT2D eigenvalue weighted by molar-refractivity contribution is 0.112. The standard InChI is InChI=1S/C16H27BrN2O2/c1-12(2)11-19(7-8-20-3)15(10-18)13-5-6-16(21-4)14(17)9-13/h5-6,9,12,15H,7-8,10-11,18H2,1-4H3. The molecular weight excluding hydrogens is 332 g/mol. The fourth-order valence-corrected chi connectivity index (χ4v) is 3.00. The van der Waals surface area contributed by atoms with Gasteiger partial charge in [-0.05, 0) is 39.5 Å². The minimum Gasteiger partial charge on any atom is -0.496 e. The fourth-order valence-electron chi connectivity index (χ4n) is 2.44. The highest BCUT2D eigenvalue weighted by Gasteiger charge is 2.20. The van der Waals surface area contributed by atoms with Crippen LogP contribution in [0, 0.1) is 5.92 Å². The second-order valence-electron chi connectivity index (χ2n) is 5.53. The molecule has 0 saturated carbocycles. The molecule has 0 bridgehead atoms. The van der Waals surface area contributed by atoms with E-state index in [-0.39, 0.29) is 6.04 Å². The number of rotatable bonds is 9. The molecular formula is C16H27BrN2O2. The highest BCUT2D eigenvalue weighted by Crippen LogP contribution is 2.30. The Labute approximate surface area is 136 Å². The Morgan fingerprint density at radius 2 is 2.00 bits per heavy atom. The van der Waals surface area contributed by atoms with E-state index in [2.05, 4.69) is 46.8 Å². The number of halogens is 1. The highest BCUT2D eigenvalue weighted by molar-refractivity contribution is 9.10. The summed E-state index contributed by atoms with van der Waals surface area (Å²) in [5.41, 5.74) is 7.24. The van der Waals surface area contributed by atoms with Crippen molar-refractivity contribution >= 4 is 15.9 Å². The third-order valence-corrected chi connectivity index (χ3v) is 4.03. The lowest BCUT2D eigenvalue weighted by Crippen LogP contribution is -2.38. The number of benzene rings is 1. The average Bonchev–Trinajstić information content (AvgIpc) is 2.45. The molecule has 120 valence electrons. The number of hydrogen-bond acceptors (Lipinski definition) is 4. The molecule has 1 aromatic carbocycles. The third-order valence-electron chi connectivity index (χ3n) is 3.41. The van der Waals surface area contributed by atoms with Crippen LogP contribution in [-0.2, 0) is 4.74 Å². The summed E-state index contributed by atoms with van der Waals surface area (Å²) in [6.45, 7) is 7.60. The van der Waals surface area contributed by atoms with E-state index in [1.54, 1.807) is 14.2 Å². The van der Waals surface area contributed by atoms with Crippen LogP contribution in [0.2, 0.25) is 0 Å². The van der Waals surface area contributed by atoms with Crippen molar-refractivity contribution in [2.45, 2.75) is 19.9 Å². The Hall–Kier alpha value is -0.620. The Balaban J connectivity index is 2.97. The van der Waals surface area contributed by atoms with E-state index in [1.165, 1.54) is 5.56 Å². The van der Waals surface area contributed by atoms with Gasteiger partial charge in [0.25, 0.3) is 0 Å². The van der Waals surface area contributed by atoms with Gasteiger partial charge < -0.3 is 15.2 Å².